The van der Waals surface area contributed by atoms with E-state index in [1.54, 1.807) is 0 Å². The minimum atomic E-state index is -4.81. The Morgan fingerprint density at radius 1 is 0.750 bits per heavy atom. The third kappa shape index (κ3) is 7.94. The number of alkyl halides is 8. The summed E-state index contributed by atoms with van der Waals surface area (Å²) in [7, 11) is -6.58. The van der Waals surface area contributed by atoms with Gasteiger partial charge in [-0.1, -0.05) is 25.2 Å². The van der Waals surface area contributed by atoms with Crippen molar-refractivity contribution in [2.24, 2.45) is 24.4 Å². The number of hydrogen-bond donors (Lipinski definition) is 0. The minimum absolute atomic E-state index is 0. The highest BCUT2D eigenvalue weighted by Gasteiger charge is 2.55. The van der Waals surface area contributed by atoms with Crippen molar-refractivity contribution in [2.45, 2.75) is 103 Å². The van der Waals surface area contributed by atoms with Crippen molar-refractivity contribution in [1.82, 2.24) is 19.6 Å². The summed E-state index contributed by atoms with van der Waals surface area (Å²) in [4.78, 5) is 9.45. The lowest BCUT2D eigenvalue weighted by molar-refractivity contribution is -0.139. The van der Waals surface area contributed by atoms with E-state index < -0.39 is 98.7 Å². The molecule has 48 heavy (non-hydrogen) atoms. The molecule has 2 unspecified atom stereocenters. The molecular weight excluding hydrogens is 708 g/mol. The Hall–Kier alpha value is -3.30. The number of sulfone groups is 2. The second-order valence-corrected chi connectivity index (χ2v) is 16.4. The van der Waals surface area contributed by atoms with Gasteiger partial charge in [-0.3, -0.25) is 9.36 Å². The molecule has 22 heteroatoms. The van der Waals surface area contributed by atoms with Crippen molar-refractivity contribution in [3.05, 3.63) is 34.9 Å². The van der Waals surface area contributed by atoms with Crippen molar-refractivity contribution in [3.63, 3.8) is 0 Å². The summed E-state index contributed by atoms with van der Waals surface area (Å²) in [5.74, 6) is -1.11. The summed E-state index contributed by atoms with van der Waals surface area (Å²) in [6.45, 7) is 7.20. The van der Waals surface area contributed by atoms with Crippen LogP contribution in [0.1, 0.15) is 78.9 Å². The van der Waals surface area contributed by atoms with E-state index in [-0.39, 0.29) is 14.9 Å². The molecule has 276 valence electrons. The van der Waals surface area contributed by atoms with Gasteiger partial charge in [0.2, 0.25) is 29.8 Å². The highest BCUT2D eigenvalue weighted by Crippen LogP contribution is 2.42. The lowest BCUT2D eigenvalue weighted by Gasteiger charge is -2.25. The van der Waals surface area contributed by atoms with E-state index in [0.29, 0.717) is 12.4 Å². The Labute approximate surface area is 273 Å². The number of oxime groups is 2. The minimum Gasteiger partial charge on any atom is -0.385 e. The van der Waals surface area contributed by atoms with Gasteiger partial charge in [-0.15, -0.1) is 0 Å². The third-order valence-electron chi connectivity index (χ3n) is 6.90. The first-order valence-corrected chi connectivity index (χ1v) is 16.1. The molecule has 0 saturated carbocycles. The fourth-order valence-electron chi connectivity index (χ4n) is 4.17. The summed E-state index contributed by atoms with van der Waals surface area (Å²) < 4.78 is 156. The second-order valence-electron chi connectivity index (χ2n) is 12.0. The quantitative estimate of drug-likeness (QED) is 0.366. The van der Waals surface area contributed by atoms with Gasteiger partial charge in [0.15, 0.2) is 23.5 Å². The highest BCUT2D eigenvalue weighted by atomic mass is 32.2. The standard InChI is InChI=1S/C13H17F4N3O3S.C11H13F4N3O3S.2CH4/c1-11(2)8(14)10(19-23-11)24(21,22)12(3,4)9-7(13(15,16)17)6-20(5)18-9;1-10(2)8(12)9(17-21-10)22(19,20)5-7-6(11(13,14)15)4-18(3)16-7;;/h6,8H,1-5H3;4,8H,5H2,1-3H3;2*1H4. The molecule has 0 aromatic carbocycles. The first-order valence-electron chi connectivity index (χ1n) is 13.0. The first kappa shape index (κ1) is 42.7. The lowest BCUT2D eigenvalue weighted by atomic mass is 10.0. The van der Waals surface area contributed by atoms with Gasteiger partial charge in [0.25, 0.3) is 0 Å². The van der Waals surface area contributed by atoms with E-state index in [4.69, 9.17) is 4.84 Å². The summed E-state index contributed by atoms with van der Waals surface area (Å²) >= 11 is 0. The van der Waals surface area contributed by atoms with Crippen LogP contribution in [0.5, 0.6) is 0 Å². The molecule has 0 amide bonds. The molecule has 0 radical (unpaired) electrons. The average Bonchev–Trinajstić information content (AvgIpc) is 3.59. The van der Waals surface area contributed by atoms with Crippen molar-refractivity contribution in [1.29, 1.82) is 0 Å². The molecule has 4 heterocycles. The van der Waals surface area contributed by atoms with E-state index in [1.165, 1.54) is 41.8 Å². The number of aryl methyl sites for hydroxylation is 2. The predicted octanol–water partition coefficient (Wildman–Crippen LogP) is 5.64. The van der Waals surface area contributed by atoms with Gasteiger partial charge in [0, 0.05) is 26.5 Å². The van der Waals surface area contributed by atoms with E-state index in [9.17, 15) is 52.0 Å². The fourth-order valence-corrected chi connectivity index (χ4v) is 7.26. The van der Waals surface area contributed by atoms with Gasteiger partial charge in [-0.2, -0.15) is 36.5 Å². The molecule has 0 aliphatic carbocycles. The Bertz CT molecular complexity index is 1780. The molecule has 0 spiro atoms. The topological polar surface area (TPSA) is 147 Å². The van der Waals surface area contributed by atoms with E-state index in [1.807, 2.05) is 0 Å². The van der Waals surface area contributed by atoms with E-state index in [2.05, 4.69) is 25.3 Å². The monoisotopic (exact) mass is 746 g/mol. The van der Waals surface area contributed by atoms with Gasteiger partial charge in [-0.25, -0.2) is 25.6 Å². The summed E-state index contributed by atoms with van der Waals surface area (Å²) in [6.07, 6.45) is -12.4. The van der Waals surface area contributed by atoms with Crippen LogP contribution in [-0.4, -0.2) is 70.0 Å². The highest BCUT2D eigenvalue weighted by molar-refractivity contribution is 8.07. The smallest absolute Gasteiger partial charge is 0.385 e. The molecule has 0 bridgehead atoms. The zero-order valence-electron chi connectivity index (χ0n) is 25.5. The molecular formula is C26H38F8N6O6S2. The number of aromatic nitrogens is 4. The van der Waals surface area contributed by atoms with Crippen LogP contribution in [0.15, 0.2) is 22.7 Å². The van der Waals surface area contributed by atoms with Gasteiger partial charge in [0.05, 0.1) is 22.5 Å². The molecule has 2 aliphatic heterocycles. The Balaban J connectivity index is 0.000000462. The maximum Gasteiger partial charge on any atom is 0.419 e. The van der Waals surface area contributed by atoms with Crippen molar-refractivity contribution < 1.29 is 61.6 Å². The lowest BCUT2D eigenvalue weighted by Crippen LogP contribution is -2.44. The maximum atomic E-state index is 14.4. The number of rotatable bonds is 4. The average molecular weight is 747 g/mol. The fraction of sp³-hybridized carbons (Fsp3) is 0.692. The number of halogens is 8. The molecule has 2 atom stereocenters. The summed E-state index contributed by atoms with van der Waals surface area (Å²) in [5, 5.41) is 11.7. The van der Waals surface area contributed by atoms with Crippen LogP contribution in [0.4, 0.5) is 35.1 Å². The van der Waals surface area contributed by atoms with E-state index >= 15 is 0 Å². The van der Waals surface area contributed by atoms with Crippen LogP contribution in [0.2, 0.25) is 0 Å². The molecule has 2 aromatic heterocycles. The maximum absolute atomic E-state index is 14.4. The normalized spacial score (nSPS) is 20.7. The van der Waals surface area contributed by atoms with Crippen LogP contribution >= 0.6 is 0 Å². The third-order valence-corrected chi connectivity index (χ3v) is 10.8. The van der Waals surface area contributed by atoms with Crippen molar-refractivity contribution >= 4 is 29.8 Å². The van der Waals surface area contributed by atoms with Gasteiger partial charge >= 0.3 is 12.4 Å². The SMILES string of the molecule is C.C.Cn1cc(C(F)(F)F)c(C(C)(C)S(=O)(=O)C2=NOC(C)(C)C2F)n1.Cn1cc(C(F)(F)F)c(CS(=O)(=O)C2=NOC(C)(C)C2F)n1. The Morgan fingerprint density at radius 2 is 1.15 bits per heavy atom. The first-order chi connectivity index (χ1) is 20.5. The largest absolute Gasteiger partial charge is 0.419 e. The second kappa shape index (κ2) is 13.2. The zero-order chi connectivity index (χ0) is 35.6. The summed E-state index contributed by atoms with van der Waals surface area (Å²) in [6, 6.07) is 0. The van der Waals surface area contributed by atoms with Crippen LogP contribution in [-0.2, 0) is 66.3 Å². The Kier molecular flexibility index (Phi) is 11.7. The Morgan fingerprint density at radius 3 is 1.54 bits per heavy atom. The van der Waals surface area contributed by atoms with Crippen LogP contribution in [0.3, 0.4) is 0 Å². The molecule has 12 nitrogen and oxygen atoms in total. The molecule has 0 N–H and O–H groups in total. The van der Waals surface area contributed by atoms with E-state index in [0.717, 1.165) is 23.2 Å². The van der Waals surface area contributed by atoms with Crippen LogP contribution < -0.4 is 0 Å². The molecule has 2 aromatic rings. The number of hydrogen-bond acceptors (Lipinski definition) is 10. The zero-order valence-corrected chi connectivity index (χ0v) is 27.1. The van der Waals surface area contributed by atoms with Gasteiger partial charge in [0.1, 0.15) is 10.5 Å². The molecule has 0 saturated heterocycles. The molecule has 4 rings (SSSR count). The number of nitrogens with zero attached hydrogens (tertiary/aromatic N) is 6. The summed E-state index contributed by atoms with van der Waals surface area (Å²) in [5.41, 5.74) is -6.83. The van der Waals surface area contributed by atoms with Gasteiger partial charge < -0.3 is 9.68 Å². The molecule has 2 aliphatic rings. The molecule has 0 fully saturated rings. The van der Waals surface area contributed by atoms with Crippen LogP contribution in [0.25, 0.3) is 0 Å². The van der Waals surface area contributed by atoms with Crippen molar-refractivity contribution in [2.75, 3.05) is 0 Å². The van der Waals surface area contributed by atoms with Gasteiger partial charge in [-0.05, 0) is 41.5 Å². The van der Waals surface area contributed by atoms with Crippen LogP contribution in [0, 0.1) is 0 Å². The van der Waals surface area contributed by atoms with Crippen molar-refractivity contribution in [3.8, 4) is 0 Å². The predicted molar refractivity (Wildman–Crippen MR) is 159 cm³/mol.